The Balaban J connectivity index is 2.19. The SMILES string of the molecule is Cc1ocnc1C(=O)NC1(C(=O)O)CCCCCC1. The van der Waals surface area contributed by atoms with Gasteiger partial charge in [-0.1, -0.05) is 25.7 Å². The van der Waals surface area contributed by atoms with Crippen molar-refractivity contribution in [2.45, 2.75) is 51.0 Å². The fourth-order valence-corrected chi connectivity index (χ4v) is 2.52. The van der Waals surface area contributed by atoms with Gasteiger partial charge in [0.2, 0.25) is 0 Å². The molecule has 1 fully saturated rings. The minimum Gasteiger partial charge on any atom is -0.480 e. The van der Waals surface area contributed by atoms with Gasteiger partial charge in [0.15, 0.2) is 12.1 Å². The number of carboxylic acid groups (broad SMARTS) is 1. The number of nitrogens with one attached hydrogen (secondary N) is 1. The summed E-state index contributed by atoms with van der Waals surface area (Å²) in [4.78, 5) is 27.5. The number of amides is 1. The van der Waals surface area contributed by atoms with Gasteiger partial charge >= 0.3 is 5.97 Å². The molecule has 0 aromatic carbocycles. The van der Waals surface area contributed by atoms with Crippen molar-refractivity contribution >= 4 is 11.9 Å². The van der Waals surface area contributed by atoms with Crippen LogP contribution in [0, 0.1) is 6.92 Å². The zero-order valence-corrected chi connectivity index (χ0v) is 10.9. The molecule has 2 N–H and O–H groups in total. The number of hydrogen-bond donors (Lipinski definition) is 2. The second kappa shape index (κ2) is 5.42. The number of carbonyl (C=O) groups excluding carboxylic acids is 1. The van der Waals surface area contributed by atoms with Crippen LogP contribution >= 0.6 is 0 Å². The number of hydrogen-bond acceptors (Lipinski definition) is 4. The van der Waals surface area contributed by atoms with Crippen LogP contribution < -0.4 is 5.32 Å². The van der Waals surface area contributed by atoms with Gasteiger partial charge in [0.25, 0.3) is 5.91 Å². The number of aromatic nitrogens is 1. The highest BCUT2D eigenvalue weighted by Gasteiger charge is 2.40. The first-order chi connectivity index (χ1) is 9.05. The highest BCUT2D eigenvalue weighted by atomic mass is 16.4. The van der Waals surface area contributed by atoms with Gasteiger partial charge in [0.05, 0.1) is 0 Å². The first-order valence-corrected chi connectivity index (χ1v) is 6.51. The molecule has 0 saturated heterocycles. The highest BCUT2D eigenvalue weighted by molar-refractivity contribution is 5.97. The maximum Gasteiger partial charge on any atom is 0.329 e. The Bertz CT molecular complexity index is 473. The molecule has 19 heavy (non-hydrogen) atoms. The van der Waals surface area contributed by atoms with E-state index in [-0.39, 0.29) is 5.69 Å². The first kappa shape index (κ1) is 13.6. The van der Waals surface area contributed by atoms with Crippen molar-refractivity contribution in [1.29, 1.82) is 0 Å². The Morgan fingerprint density at radius 1 is 1.32 bits per heavy atom. The Hall–Kier alpha value is -1.85. The lowest BCUT2D eigenvalue weighted by Crippen LogP contribution is -2.54. The van der Waals surface area contributed by atoms with E-state index in [1.54, 1.807) is 6.92 Å². The molecule has 6 heteroatoms. The van der Waals surface area contributed by atoms with E-state index in [0.29, 0.717) is 18.6 Å². The average molecular weight is 266 g/mol. The molecule has 1 saturated carbocycles. The van der Waals surface area contributed by atoms with E-state index in [1.807, 2.05) is 0 Å². The Labute approximate surface area is 111 Å². The fraction of sp³-hybridized carbons (Fsp3) is 0.615. The van der Waals surface area contributed by atoms with Crippen molar-refractivity contribution in [3.63, 3.8) is 0 Å². The molecular weight excluding hydrogens is 248 g/mol. The predicted octanol–water partition coefficient (Wildman–Crippen LogP) is 1.89. The number of carbonyl (C=O) groups is 2. The molecular formula is C13H18N2O4. The molecule has 6 nitrogen and oxygen atoms in total. The maximum atomic E-state index is 12.1. The summed E-state index contributed by atoms with van der Waals surface area (Å²) in [6.07, 6.45) is 5.75. The summed E-state index contributed by atoms with van der Waals surface area (Å²) in [5.41, 5.74) is -1.01. The first-order valence-electron chi connectivity index (χ1n) is 6.51. The predicted molar refractivity (Wildman–Crippen MR) is 66.8 cm³/mol. The molecule has 1 aliphatic carbocycles. The number of oxazole rings is 1. The van der Waals surface area contributed by atoms with Gasteiger partial charge < -0.3 is 14.8 Å². The quantitative estimate of drug-likeness (QED) is 0.815. The molecule has 1 aliphatic rings. The Kier molecular flexibility index (Phi) is 3.87. The molecule has 0 aliphatic heterocycles. The van der Waals surface area contributed by atoms with Gasteiger partial charge in [-0.2, -0.15) is 0 Å². The second-order valence-corrected chi connectivity index (χ2v) is 5.01. The van der Waals surface area contributed by atoms with E-state index in [9.17, 15) is 14.7 Å². The lowest BCUT2D eigenvalue weighted by atomic mass is 9.90. The summed E-state index contributed by atoms with van der Waals surface area (Å²) in [5.74, 6) is -1.05. The zero-order chi connectivity index (χ0) is 13.9. The third kappa shape index (κ3) is 2.77. The average Bonchev–Trinajstić information content (AvgIpc) is 2.64. The lowest BCUT2D eigenvalue weighted by Gasteiger charge is -2.28. The summed E-state index contributed by atoms with van der Waals surface area (Å²) in [6.45, 7) is 1.63. The van der Waals surface area contributed by atoms with E-state index < -0.39 is 17.4 Å². The van der Waals surface area contributed by atoms with E-state index in [0.717, 1.165) is 25.7 Å². The van der Waals surface area contributed by atoms with E-state index >= 15 is 0 Å². The second-order valence-electron chi connectivity index (χ2n) is 5.01. The number of carboxylic acids is 1. The van der Waals surface area contributed by atoms with Crippen LogP contribution in [-0.2, 0) is 4.79 Å². The summed E-state index contributed by atoms with van der Waals surface area (Å²) in [5, 5.41) is 12.1. The van der Waals surface area contributed by atoms with Crippen LogP contribution in [0.1, 0.15) is 54.8 Å². The van der Waals surface area contributed by atoms with Crippen LogP contribution in [0.4, 0.5) is 0 Å². The van der Waals surface area contributed by atoms with Crippen molar-refractivity contribution in [2.24, 2.45) is 0 Å². The monoisotopic (exact) mass is 266 g/mol. The van der Waals surface area contributed by atoms with Gasteiger partial charge in [0, 0.05) is 0 Å². The summed E-state index contributed by atoms with van der Waals surface area (Å²) in [6, 6.07) is 0. The third-order valence-corrected chi connectivity index (χ3v) is 3.68. The molecule has 1 amide bonds. The number of nitrogens with zero attached hydrogens (tertiary/aromatic N) is 1. The fourth-order valence-electron chi connectivity index (χ4n) is 2.52. The maximum absolute atomic E-state index is 12.1. The van der Waals surface area contributed by atoms with Gasteiger partial charge in [-0.3, -0.25) is 4.79 Å². The summed E-state index contributed by atoms with van der Waals surface area (Å²) in [7, 11) is 0. The highest BCUT2D eigenvalue weighted by Crippen LogP contribution is 2.28. The van der Waals surface area contributed by atoms with E-state index in [1.165, 1.54) is 6.39 Å². The molecule has 1 aromatic heterocycles. The van der Waals surface area contributed by atoms with Crippen molar-refractivity contribution in [3.8, 4) is 0 Å². The number of aliphatic carboxylic acids is 1. The van der Waals surface area contributed by atoms with Crippen LogP contribution in [0.25, 0.3) is 0 Å². The zero-order valence-electron chi connectivity index (χ0n) is 10.9. The van der Waals surface area contributed by atoms with Gasteiger partial charge in [-0.25, -0.2) is 9.78 Å². The van der Waals surface area contributed by atoms with Gasteiger partial charge in [-0.15, -0.1) is 0 Å². The number of aryl methyl sites for hydroxylation is 1. The van der Waals surface area contributed by atoms with Crippen LogP contribution in [0.5, 0.6) is 0 Å². The van der Waals surface area contributed by atoms with Crippen LogP contribution in [0.2, 0.25) is 0 Å². The molecule has 1 heterocycles. The van der Waals surface area contributed by atoms with Crippen molar-refractivity contribution in [3.05, 3.63) is 17.8 Å². The largest absolute Gasteiger partial charge is 0.480 e. The lowest BCUT2D eigenvalue weighted by molar-refractivity contribution is -0.145. The summed E-state index contributed by atoms with van der Waals surface area (Å²) < 4.78 is 4.97. The topological polar surface area (TPSA) is 92.4 Å². The van der Waals surface area contributed by atoms with E-state index in [4.69, 9.17) is 4.42 Å². The number of rotatable bonds is 3. The minimum absolute atomic E-state index is 0.157. The Morgan fingerprint density at radius 2 is 1.95 bits per heavy atom. The molecule has 0 atom stereocenters. The molecule has 0 bridgehead atoms. The minimum atomic E-state index is -1.17. The van der Waals surface area contributed by atoms with Crippen LogP contribution in [-0.4, -0.2) is 27.5 Å². The van der Waals surface area contributed by atoms with Crippen LogP contribution in [0.3, 0.4) is 0 Å². The molecule has 1 aromatic rings. The normalized spacial score (nSPS) is 18.6. The standard InChI is InChI=1S/C13H18N2O4/c1-9-10(14-8-19-9)11(16)15-13(12(17)18)6-4-2-3-5-7-13/h8H,2-7H2,1H3,(H,15,16)(H,17,18). The van der Waals surface area contributed by atoms with Gasteiger partial charge in [0.1, 0.15) is 11.3 Å². The Morgan fingerprint density at radius 3 is 2.42 bits per heavy atom. The van der Waals surface area contributed by atoms with Crippen molar-refractivity contribution in [2.75, 3.05) is 0 Å². The molecule has 0 unspecified atom stereocenters. The van der Waals surface area contributed by atoms with Crippen molar-refractivity contribution < 1.29 is 19.1 Å². The molecule has 0 radical (unpaired) electrons. The van der Waals surface area contributed by atoms with Crippen LogP contribution in [0.15, 0.2) is 10.8 Å². The van der Waals surface area contributed by atoms with E-state index in [2.05, 4.69) is 10.3 Å². The molecule has 104 valence electrons. The molecule has 2 rings (SSSR count). The van der Waals surface area contributed by atoms with Gasteiger partial charge in [-0.05, 0) is 19.8 Å². The molecule has 0 spiro atoms. The smallest absolute Gasteiger partial charge is 0.329 e. The van der Waals surface area contributed by atoms with Crippen molar-refractivity contribution in [1.82, 2.24) is 10.3 Å². The third-order valence-electron chi connectivity index (χ3n) is 3.68. The summed E-state index contributed by atoms with van der Waals surface area (Å²) >= 11 is 0.